The number of para-hydroxylation sites is 1. The molecule has 1 aliphatic heterocycles. The summed E-state index contributed by atoms with van der Waals surface area (Å²) in [7, 11) is 0. The highest BCUT2D eigenvalue weighted by molar-refractivity contribution is 6.07. The lowest BCUT2D eigenvalue weighted by Crippen LogP contribution is -2.50. The Hall–Kier alpha value is -3.16. The number of nitrogens with one attached hydrogen (secondary N) is 2. The number of carbonyl (C=O) groups is 2. The minimum atomic E-state index is -0.840. The van der Waals surface area contributed by atoms with Crippen LogP contribution in [-0.4, -0.2) is 34.8 Å². The van der Waals surface area contributed by atoms with Crippen molar-refractivity contribution in [1.82, 2.24) is 10.6 Å². The Bertz CT molecular complexity index is 986. The first kappa shape index (κ1) is 16.3. The van der Waals surface area contributed by atoms with Gasteiger partial charge in [0.25, 0.3) is 5.91 Å². The number of aromatic hydroxyl groups is 1. The van der Waals surface area contributed by atoms with Crippen LogP contribution in [0.1, 0.15) is 31.2 Å². The van der Waals surface area contributed by atoms with Crippen molar-refractivity contribution < 1.29 is 19.1 Å². The topological polar surface area (TPSA) is 121 Å². The van der Waals surface area contributed by atoms with Gasteiger partial charge >= 0.3 is 11.7 Å². The lowest BCUT2D eigenvalue weighted by Gasteiger charge is -2.32. The summed E-state index contributed by atoms with van der Waals surface area (Å²) in [6.07, 6.45) is 3.47. The molecule has 1 aromatic heterocycles. The van der Waals surface area contributed by atoms with Gasteiger partial charge in [-0.1, -0.05) is 12.1 Å². The number of aliphatic imine (C=N–C) groups is 1. The van der Waals surface area contributed by atoms with Crippen LogP contribution in [-0.2, 0) is 4.79 Å². The van der Waals surface area contributed by atoms with E-state index in [0.29, 0.717) is 36.7 Å². The molecule has 8 nitrogen and oxygen atoms in total. The molecule has 2 fully saturated rings. The Morgan fingerprint density at radius 2 is 1.92 bits per heavy atom. The van der Waals surface area contributed by atoms with Gasteiger partial charge < -0.3 is 14.8 Å². The number of amides is 3. The summed E-state index contributed by atoms with van der Waals surface area (Å²) in [6, 6.07) is 6.17. The zero-order valence-electron chi connectivity index (χ0n) is 13.8. The SMILES string of the molecule is O=C1NC(=O)C2(CCC(N=Cc3c(O)c4ccccc4oc3=O)CC2)N1. The third-order valence-corrected chi connectivity index (χ3v) is 5.06. The monoisotopic (exact) mass is 355 g/mol. The largest absolute Gasteiger partial charge is 0.506 e. The Kier molecular flexibility index (Phi) is 3.75. The maximum Gasteiger partial charge on any atom is 0.348 e. The molecule has 3 amide bonds. The van der Waals surface area contributed by atoms with Gasteiger partial charge in [-0.05, 0) is 37.8 Å². The molecule has 4 rings (SSSR count). The quantitative estimate of drug-likeness (QED) is 0.428. The maximum absolute atomic E-state index is 12.1. The molecule has 2 aromatic rings. The van der Waals surface area contributed by atoms with E-state index in [2.05, 4.69) is 15.6 Å². The molecule has 8 heteroatoms. The van der Waals surface area contributed by atoms with E-state index in [-0.39, 0.29) is 23.3 Å². The van der Waals surface area contributed by atoms with E-state index in [4.69, 9.17) is 4.42 Å². The number of benzene rings is 1. The smallest absolute Gasteiger partial charge is 0.348 e. The highest BCUT2D eigenvalue weighted by Gasteiger charge is 2.47. The Morgan fingerprint density at radius 3 is 2.62 bits per heavy atom. The maximum atomic E-state index is 12.1. The number of nitrogens with zero attached hydrogens (tertiary/aromatic N) is 1. The molecule has 1 spiro atoms. The molecule has 0 unspecified atom stereocenters. The van der Waals surface area contributed by atoms with Crippen LogP contribution in [0, 0.1) is 0 Å². The van der Waals surface area contributed by atoms with Gasteiger partial charge in [0.2, 0.25) is 0 Å². The van der Waals surface area contributed by atoms with Crippen LogP contribution in [0.25, 0.3) is 11.0 Å². The average molecular weight is 355 g/mol. The molecule has 26 heavy (non-hydrogen) atoms. The second-order valence-electron chi connectivity index (χ2n) is 6.65. The number of hydrogen-bond donors (Lipinski definition) is 3. The third kappa shape index (κ3) is 2.63. The molecule has 0 atom stereocenters. The van der Waals surface area contributed by atoms with E-state index in [0.717, 1.165) is 0 Å². The molecule has 1 aliphatic carbocycles. The summed E-state index contributed by atoms with van der Waals surface area (Å²) in [5.74, 6) is -0.451. The van der Waals surface area contributed by atoms with Crippen LogP contribution >= 0.6 is 0 Å². The van der Waals surface area contributed by atoms with Crippen molar-refractivity contribution in [2.45, 2.75) is 37.3 Å². The molecule has 1 aromatic carbocycles. The van der Waals surface area contributed by atoms with Crippen molar-refractivity contribution in [2.24, 2.45) is 4.99 Å². The van der Waals surface area contributed by atoms with Crippen LogP contribution in [0.3, 0.4) is 0 Å². The fourth-order valence-corrected chi connectivity index (χ4v) is 3.57. The first-order chi connectivity index (χ1) is 12.5. The second-order valence-corrected chi connectivity index (χ2v) is 6.65. The molecule has 2 heterocycles. The standard InChI is InChI=1S/C18H17N3O5/c22-14-11-3-1-2-4-13(11)26-15(23)12(14)9-19-10-5-7-18(8-6-10)16(24)20-17(25)21-18/h1-4,9-10,22H,5-8H2,(H2,20,21,24,25). The molecular weight excluding hydrogens is 338 g/mol. The van der Waals surface area contributed by atoms with Gasteiger partial charge in [-0.15, -0.1) is 0 Å². The summed E-state index contributed by atoms with van der Waals surface area (Å²) in [5, 5.41) is 15.7. The number of urea groups is 1. The van der Waals surface area contributed by atoms with Crippen molar-refractivity contribution in [3.63, 3.8) is 0 Å². The van der Waals surface area contributed by atoms with E-state index >= 15 is 0 Å². The van der Waals surface area contributed by atoms with Crippen LogP contribution in [0.5, 0.6) is 5.75 Å². The van der Waals surface area contributed by atoms with Gasteiger partial charge in [0.1, 0.15) is 22.4 Å². The van der Waals surface area contributed by atoms with Gasteiger partial charge in [-0.25, -0.2) is 9.59 Å². The van der Waals surface area contributed by atoms with Crippen molar-refractivity contribution in [3.05, 3.63) is 40.2 Å². The number of carbonyl (C=O) groups excluding carboxylic acids is 2. The molecule has 3 N–H and O–H groups in total. The van der Waals surface area contributed by atoms with E-state index in [1.807, 2.05) is 0 Å². The molecule has 1 saturated carbocycles. The first-order valence-electron chi connectivity index (χ1n) is 8.40. The summed E-state index contributed by atoms with van der Waals surface area (Å²) in [5.41, 5.74) is -1.17. The van der Waals surface area contributed by atoms with E-state index in [9.17, 15) is 19.5 Å². The third-order valence-electron chi connectivity index (χ3n) is 5.06. The zero-order chi connectivity index (χ0) is 18.3. The summed E-state index contributed by atoms with van der Waals surface area (Å²) in [6.45, 7) is 0. The fourth-order valence-electron chi connectivity index (χ4n) is 3.57. The molecule has 1 saturated heterocycles. The van der Waals surface area contributed by atoms with Gasteiger partial charge in [-0.2, -0.15) is 0 Å². The van der Waals surface area contributed by atoms with Gasteiger partial charge in [0.15, 0.2) is 0 Å². The van der Waals surface area contributed by atoms with Crippen molar-refractivity contribution >= 4 is 29.1 Å². The normalized spacial score (nSPS) is 25.8. The number of imide groups is 1. The van der Waals surface area contributed by atoms with E-state index in [1.54, 1.807) is 24.3 Å². The lowest BCUT2D eigenvalue weighted by molar-refractivity contribution is -0.125. The molecule has 2 aliphatic rings. The van der Waals surface area contributed by atoms with Gasteiger partial charge in [0, 0.05) is 6.21 Å². The summed E-state index contributed by atoms with van der Waals surface area (Å²) in [4.78, 5) is 39.8. The van der Waals surface area contributed by atoms with Crippen molar-refractivity contribution in [3.8, 4) is 5.75 Å². The molecule has 0 bridgehead atoms. The summed E-state index contributed by atoms with van der Waals surface area (Å²) < 4.78 is 5.21. The van der Waals surface area contributed by atoms with E-state index in [1.165, 1.54) is 6.21 Å². The van der Waals surface area contributed by atoms with Gasteiger partial charge in [0.05, 0.1) is 11.4 Å². The number of rotatable bonds is 2. The Labute approximate surface area is 147 Å². The predicted molar refractivity (Wildman–Crippen MR) is 93.4 cm³/mol. The van der Waals surface area contributed by atoms with Crippen molar-refractivity contribution in [2.75, 3.05) is 0 Å². The zero-order valence-corrected chi connectivity index (χ0v) is 13.8. The average Bonchev–Trinajstić information content (AvgIpc) is 2.89. The Balaban J connectivity index is 1.53. The summed E-state index contributed by atoms with van der Waals surface area (Å²) >= 11 is 0. The van der Waals surface area contributed by atoms with Crippen LogP contribution in [0.2, 0.25) is 0 Å². The molecule has 134 valence electrons. The second kappa shape index (κ2) is 5.98. The van der Waals surface area contributed by atoms with Crippen LogP contribution in [0.15, 0.2) is 38.5 Å². The number of hydrogen-bond acceptors (Lipinski definition) is 6. The highest BCUT2D eigenvalue weighted by Crippen LogP contribution is 2.32. The predicted octanol–water partition coefficient (Wildman–Crippen LogP) is 1.44. The highest BCUT2D eigenvalue weighted by atomic mass is 16.4. The lowest BCUT2D eigenvalue weighted by atomic mass is 9.79. The molecule has 0 radical (unpaired) electrons. The minimum absolute atomic E-state index is 0.0101. The van der Waals surface area contributed by atoms with Crippen LogP contribution < -0.4 is 16.3 Å². The van der Waals surface area contributed by atoms with Gasteiger partial charge in [-0.3, -0.25) is 15.1 Å². The molecular formula is C18H17N3O5. The minimum Gasteiger partial charge on any atom is -0.506 e. The fraction of sp³-hybridized carbons (Fsp3) is 0.333. The first-order valence-corrected chi connectivity index (χ1v) is 8.40. The van der Waals surface area contributed by atoms with E-state index < -0.39 is 17.2 Å². The number of fused-ring (bicyclic) bond motifs is 1. The Morgan fingerprint density at radius 1 is 1.19 bits per heavy atom. The van der Waals surface area contributed by atoms with Crippen LogP contribution in [0.4, 0.5) is 4.79 Å². The van der Waals surface area contributed by atoms with Crippen molar-refractivity contribution in [1.29, 1.82) is 0 Å².